The van der Waals surface area contributed by atoms with Gasteiger partial charge in [-0.1, -0.05) is 18.2 Å². The summed E-state index contributed by atoms with van der Waals surface area (Å²) in [6.45, 7) is 5.03. The smallest absolute Gasteiger partial charge is 0.0991 e. The van der Waals surface area contributed by atoms with E-state index in [1.54, 1.807) is 6.20 Å². The average molecular weight is 301 g/mol. The lowest BCUT2D eigenvalue weighted by Gasteiger charge is -2.32. The third-order valence-corrected chi connectivity index (χ3v) is 4.01. The number of hydrogen-bond donors (Lipinski definition) is 1. The fourth-order valence-corrected chi connectivity index (χ4v) is 2.88. The third-order valence-electron chi connectivity index (χ3n) is 4.01. The molecule has 2 aromatic rings. The minimum Gasteiger partial charge on any atom is -0.379 e. The van der Waals surface area contributed by atoms with Gasteiger partial charge in [-0.15, -0.1) is 0 Å². The molecule has 0 amide bonds. The molecule has 2 unspecified atom stereocenters. The molecule has 5 nitrogen and oxygen atoms in total. The maximum Gasteiger partial charge on any atom is 0.0991 e. The zero-order chi connectivity index (χ0) is 15.2. The standard InChI is InChI=1S/C17H23N3O2/c1-2-22-17-12-21-10-7-15(17)19-11-14-5-3-4-6-16(14)20-9-8-18-13-20/h3-6,8-9,13,15,17,19H,2,7,10-12H2,1H3. The van der Waals surface area contributed by atoms with Crippen molar-refractivity contribution in [1.82, 2.24) is 14.9 Å². The van der Waals surface area contributed by atoms with Gasteiger partial charge in [-0.2, -0.15) is 0 Å². The van der Waals surface area contributed by atoms with Gasteiger partial charge >= 0.3 is 0 Å². The summed E-state index contributed by atoms with van der Waals surface area (Å²) in [5.74, 6) is 0. The summed E-state index contributed by atoms with van der Waals surface area (Å²) in [5, 5.41) is 3.64. The van der Waals surface area contributed by atoms with Gasteiger partial charge in [0.2, 0.25) is 0 Å². The Kier molecular flexibility index (Phi) is 5.21. The van der Waals surface area contributed by atoms with Crippen LogP contribution in [0.3, 0.4) is 0 Å². The average Bonchev–Trinajstić information content (AvgIpc) is 3.09. The highest BCUT2D eigenvalue weighted by molar-refractivity contribution is 5.40. The highest BCUT2D eigenvalue weighted by atomic mass is 16.5. The summed E-state index contributed by atoms with van der Waals surface area (Å²) in [6.07, 6.45) is 6.72. The van der Waals surface area contributed by atoms with Crippen LogP contribution in [-0.2, 0) is 16.0 Å². The fraction of sp³-hybridized carbons (Fsp3) is 0.471. The number of ether oxygens (including phenoxy) is 2. The van der Waals surface area contributed by atoms with Crippen LogP contribution in [0.25, 0.3) is 5.69 Å². The Hall–Kier alpha value is -1.69. The van der Waals surface area contributed by atoms with Gasteiger partial charge in [-0.3, -0.25) is 0 Å². The molecule has 0 saturated carbocycles. The van der Waals surface area contributed by atoms with E-state index in [0.717, 1.165) is 31.9 Å². The molecule has 2 heterocycles. The molecule has 118 valence electrons. The summed E-state index contributed by atoms with van der Waals surface area (Å²) in [5.41, 5.74) is 2.41. The van der Waals surface area contributed by atoms with E-state index in [9.17, 15) is 0 Å². The van der Waals surface area contributed by atoms with Crippen LogP contribution in [0.2, 0.25) is 0 Å². The van der Waals surface area contributed by atoms with E-state index in [1.165, 1.54) is 5.56 Å². The van der Waals surface area contributed by atoms with E-state index in [4.69, 9.17) is 9.47 Å². The van der Waals surface area contributed by atoms with Crippen molar-refractivity contribution in [3.05, 3.63) is 48.5 Å². The number of hydrogen-bond acceptors (Lipinski definition) is 4. The van der Waals surface area contributed by atoms with E-state index in [1.807, 2.05) is 24.0 Å². The molecule has 0 radical (unpaired) electrons. The van der Waals surface area contributed by atoms with Crippen LogP contribution in [0, 0.1) is 0 Å². The zero-order valence-corrected chi connectivity index (χ0v) is 12.9. The first-order valence-electron chi connectivity index (χ1n) is 7.87. The van der Waals surface area contributed by atoms with E-state index < -0.39 is 0 Å². The third kappa shape index (κ3) is 3.55. The van der Waals surface area contributed by atoms with Gasteiger partial charge in [0.05, 0.1) is 24.7 Å². The molecule has 1 aromatic heterocycles. The Morgan fingerprint density at radius 1 is 1.41 bits per heavy atom. The molecule has 1 saturated heterocycles. The minimum absolute atomic E-state index is 0.138. The summed E-state index contributed by atoms with van der Waals surface area (Å²) < 4.78 is 13.3. The Bertz CT molecular complexity index is 569. The Labute approximate surface area is 131 Å². The first-order valence-corrected chi connectivity index (χ1v) is 7.87. The van der Waals surface area contributed by atoms with Crippen molar-refractivity contribution in [2.45, 2.75) is 32.0 Å². The van der Waals surface area contributed by atoms with Crippen LogP contribution in [0.15, 0.2) is 43.0 Å². The van der Waals surface area contributed by atoms with Crippen molar-refractivity contribution in [2.75, 3.05) is 19.8 Å². The van der Waals surface area contributed by atoms with E-state index in [0.29, 0.717) is 12.6 Å². The number of benzene rings is 1. The van der Waals surface area contributed by atoms with Gasteiger partial charge in [-0.25, -0.2) is 4.98 Å². The fourth-order valence-electron chi connectivity index (χ4n) is 2.88. The minimum atomic E-state index is 0.138. The largest absolute Gasteiger partial charge is 0.379 e. The maximum absolute atomic E-state index is 5.78. The van der Waals surface area contributed by atoms with Crippen LogP contribution in [0.5, 0.6) is 0 Å². The molecular formula is C17H23N3O2. The quantitative estimate of drug-likeness (QED) is 0.888. The number of nitrogens with zero attached hydrogens (tertiary/aromatic N) is 2. The van der Waals surface area contributed by atoms with E-state index in [-0.39, 0.29) is 6.10 Å². The van der Waals surface area contributed by atoms with E-state index in [2.05, 4.69) is 34.6 Å². The maximum atomic E-state index is 5.78. The van der Waals surface area contributed by atoms with Crippen molar-refractivity contribution in [3.63, 3.8) is 0 Å². The molecule has 1 aliphatic heterocycles. The predicted octanol–water partition coefficient (Wildman–Crippen LogP) is 2.16. The van der Waals surface area contributed by atoms with Crippen LogP contribution in [-0.4, -0.2) is 41.5 Å². The Morgan fingerprint density at radius 2 is 2.32 bits per heavy atom. The Morgan fingerprint density at radius 3 is 3.14 bits per heavy atom. The lowest BCUT2D eigenvalue weighted by Crippen LogP contribution is -2.47. The lowest BCUT2D eigenvalue weighted by molar-refractivity contribution is -0.0655. The second kappa shape index (κ2) is 7.54. The van der Waals surface area contributed by atoms with Crippen LogP contribution >= 0.6 is 0 Å². The summed E-state index contributed by atoms with van der Waals surface area (Å²) in [6, 6.07) is 8.72. The molecule has 0 spiro atoms. The van der Waals surface area contributed by atoms with E-state index >= 15 is 0 Å². The van der Waals surface area contributed by atoms with Crippen LogP contribution in [0.1, 0.15) is 18.9 Å². The van der Waals surface area contributed by atoms with Gasteiger partial charge in [0.1, 0.15) is 0 Å². The van der Waals surface area contributed by atoms with Gasteiger partial charge in [-0.05, 0) is 25.0 Å². The van der Waals surface area contributed by atoms with Crippen molar-refractivity contribution in [3.8, 4) is 5.69 Å². The van der Waals surface area contributed by atoms with Gasteiger partial charge < -0.3 is 19.4 Å². The molecule has 22 heavy (non-hydrogen) atoms. The highest BCUT2D eigenvalue weighted by Crippen LogP contribution is 2.16. The summed E-state index contributed by atoms with van der Waals surface area (Å²) >= 11 is 0. The van der Waals surface area contributed by atoms with Crippen molar-refractivity contribution >= 4 is 0 Å². The van der Waals surface area contributed by atoms with Gasteiger partial charge in [0, 0.05) is 38.2 Å². The highest BCUT2D eigenvalue weighted by Gasteiger charge is 2.25. The summed E-state index contributed by atoms with van der Waals surface area (Å²) in [7, 11) is 0. The number of imidazole rings is 1. The SMILES string of the molecule is CCOC1COCCC1NCc1ccccc1-n1ccnc1. The van der Waals surface area contributed by atoms with Crippen LogP contribution in [0.4, 0.5) is 0 Å². The lowest BCUT2D eigenvalue weighted by atomic mass is 10.0. The molecular weight excluding hydrogens is 278 g/mol. The van der Waals surface area contributed by atoms with Gasteiger partial charge in [0.25, 0.3) is 0 Å². The number of para-hydroxylation sites is 1. The second-order valence-electron chi connectivity index (χ2n) is 5.44. The van der Waals surface area contributed by atoms with Crippen molar-refractivity contribution in [1.29, 1.82) is 0 Å². The molecule has 5 heteroatoms. The Balaban J connectivity index is 1.68. The normalized spacial score (nSPS) is 21.9. The number of nitrogens with one attached hydrogen (secondary N) is 1. The molecule has 0 bridgehead atoms. The number of aromatic nitrogens is 2. The molecule has 1 aliphatic rings. The second-order valence-corrected chi connectivity index (χ2v) is 5.44. The predicted molar refractivity (Wildman–Crippen MR) is 85.0 cm³/mol. The van der Waals surface area contributed by atoms with Gasteiger partial charge in [0.15, 0.2) is 0 Å². The topological polar surface area (TPSA) is 48.3 Å². The molecule has 1 aromatic carbocycles. The van der Waals surface area contributed by atoms with Crippen molar-refractivity contribution in [2.24, 2.45) is 0 Å². The molecule has 3 rings (SSSR count). The monoisotopic (exact) mass is 301 g/mol. The molecule has 1 fully saturated rings. The molecule has 1 N–H and O–H groups in total. The number of rotatable bonds is 6. The first-order chi connectivity index (χ1) is 10.9. The van der Waals surface area contributed by atoms with Crippen molar-refractivity contribution < 1.29 is 9.47 Å². The molecule has 0 aliphatic carbocycles. The zero-order valence-electron chi connectivity index (χ0n) is 12.9. The molecule has 2 atom stereocenters. The van der Waals surface area contributed by atoms with Crippen LogP contribution < -0.4 is 5.32 Å². The first kappa shape index (κ1) is 15.2. The summed E-state index contributed by atoms with van der Waals surface area (Å²) in [4.78, 5) is 4.13.